The van der Waals surface area contributed by atoms with Gasteiger partial charge in [0.2, 0.25) is 5.91 Å². The summed E-state index contributed by atoms with van der Waals surface area (Å²) in [4.78, 5) is 24.0. The first kappa shape index (κ1) is 17.6. The van der Waals surface area contributed by atoms with Gasteiger partial charge in [-0.05, 0) is 77.7 Å². The van der Waals surface area contributed by atoms with Gasteiger partial charge >= 0.3 is 0 Å². The number of rotatable bonds is 4. The van der Waals surface area contributed by atoms with Gasteiger partial charge in [0, 0.05) is 17.3 Å². The second-order valence-corrected chi connectivity index (χ2v) is 6.94. The van der Waals surface area contributed by atoms with Crippen LogP contribution in [0.15, 0.2) is 39.4 Å². The molecule has 1 aromatic heterocycles. The van der Waals surface area contributed by atoms with Crippen LogP contribution in [0, 0.1) is 12.8 Å². The molecule has 2 amide bonds. The minimum atomic E-state index is -0.445. The van der Waals surface area contributed by atoms with Crippen molar-refractivity contribution >= 4 is 56.4 Å². The minimum Gasteiger partial charge on any atom is -0.444 e. The van der Waals surface area contributed by atoms with Crippen molar-refractivity contribution in [3.8, 4) is 0 Å². The number of anilines is 2. The topological polar surface area (TPSA) is 83.4 Å². The van der Waals surface area contributed by atoms with Crippen LogP contribution in [0.3, 0.4) is 0 Å². The molecule has 3 N–H and O–H groups in total. The Hall–Kier alpha value is -2.19. The SMILES string of the molecule is Cc1c(NC(=O)C2CC2)cccc1NC(=S)NC(=O)c1ccc(Br)o1. The highest BCUT2D eigenvalue weighted by molar-refractivity contribution is 9.10. The summed E-state index contributed by atoms with van der Waals surface area (Å²) in [5.41, 5.74) is 2.28. The number of amides is 2. The van der Waals surface area contributed by atoms with E-state index in [1.54, 1.807) is 12.1 Å². The summed E-state index contributed by atoms with van der Waals surface area (Å²) >= 11 is 8.32. The highest BCUT2D eigenvalue weighted by Gasteiger charge is 2.29. The molecule has 0 saturated heterocycles. The van der Waals surface area contributed by atoms with Gasteiger partial charge in [-0.15, -0.1) is 0 Å². The van der Waals surface area contributed by atoms with Crippen molar-refractivity contribution in [3.05, 3.63) is 46.3 Å². The third kappa shape index (κ3) is 4.46. The number of nitrogens with one attached hydrogen (secondary N) is 3. The predicted molar refractivity (Wildman–Crippen MR) is 103 cm³/mol. The van der Waals surface area contributed by atoms with E-state index in [0.717, 1.165) is 24.1 Å². The summed E-state index contributed by atoms with van der Waals surface area (Å²) < 4.78 is 5.65. The lowest BCUT2D eigenvalue weighted by Crippen LogP contribution is -2.34. The molecule has 1 saturated carbocycles. The molecule has 1 aliphatic rings. The van der Waals surface area contributed by atoms with Crippen molar-refractivity contribution in [2.45, 2.75) is 19.8 Å². The van der Waals surface area contributed by atoms with Crippen molar-refractivity contribution < 1.29 is 14.0 Å². The highest BCUT2D eigenvalue weighted by atomic mass is 79.9. The smallest absolute Gasteiger partial charge is 0.293 e. The number of thiocarbonyl (C=S) groups is 1. The maximum absolute atomic E-state index is 12.0. The number of carbonyl (C=O) groups is 2. The van der Waals surface area contributed by atoms with Gasteiger partial charge < -0.3 is 15.1 Å². The molecule has 8 heteroatoms. The van der Waals surface area contributed by atoms with E-state index in [9.17, 15) is 9.59 Å². The van der Waals surface area contributed by atoms with Crippen LogP contribution in [0.5, 0.6) is 0 Å². The van der Waals surface area contributed by atoms with Gasteiger partial charge in [-0.1, -0.05) is 6.07 Å². The van der Waals surface area contributed by atoms with E-state index in [0.29, 0.717) is 10.4 Å². The Morgan fingerprint density at radius 3 is 2.44 bits per heavy atom. The summed E-state index contributed by atoms with van der Waals surface area (Å²) in [6.45, 7) is 1.87. The number of halogens is 1. The fourth-order valence-corrected chi connectivity index (χ4v) is 2.75. The second kappa shape index (κ2) is 7.37. The Kier molecular flexibility index (Phi) is 5.19. The molecule has 2 aromatic rings. The monoisotopic (exact) mass is 421 g/mol. The Morgan fingerprint density at radius 2 is 1.84 bits per heavy atom. The molecule has 1 aliphatic carbocycles. The molecular formula is C17H16BrN3O3S. The molecule has 0 spiro atoms. The lowest BCUT2D eigenvalue weighted by atomic mass is 10.1. The van der Waals surface area contributed by atoms with Crippen molar-refractivity contribution in [1.29, 1.82) is 0 Å². The van der Waals surface area contributed by atoms with Crippen LogP contribution >= 0.6 is 28.1 Å². The third-order valence-corrected chi connectivity index (χ3v) is 4.44. The van der Waals surface area contributed by atoms with Crippen molar-refractivity contribution in [2.24, 2.45) is 5.92 Å². The zero-order chi connectivity index (χ0) is 18.0. The van der Waals surface area contributed by atoms with Crippen LogP contribution < -0.4 is 16.0 Å². The molecule has 0 aliphatic heterocycles. The standard InChI is InChI=1S/C17H16BrN3O3S/c1-9-11(19-15(22)10-5-6-10)3-2-4-12(9)20-17(25)21-16(23)13-7-8-14(18)24-13/h2-4,7-8,10H,5-6H2,1H3,(H,19,22)(H2,20,21,23,25). The number of furan rings is 1. The van der Waals surface area contributed by atoms with E-state index < -0.39 is 5.91 Å². The lowest BCUT2D eigenvalue weighted by Gasteiger charge is -2.14. The zero-order valence-electron chi connectivity index (χ0n) is 13.4. The van der Waals surface area contributed by atoms with Gasteiger partial charge in [0.25, 0.3) is 5.91 Å². The van der Waals surface area contributed by atoms with E-state index in [1.807, 2.05) is 25.1 Å². The second-order valence-electron chi connectivity index (χ2n) is 5.75. The Labute approximate surface area is 158 Å². The average Bonchev–Trinajstić information content (AvgIpc) is 3.32. The van der Waals surface area contributed by atoms with E-state index in [2.05, 4.69) is 31.9 Å². The largest absolute Gasteiger partial charge is 0.444 e. The van der Waals surface area contributed by atoms with Gasteiger partial charge in [-0.25, -0.2) is 0 Å². The Balaban J connectivity index is 1.64. The maximum atomic E-state index is 12.0. The lowest BCUT2D eigenvalue weighted by molar-refractivity contribution is -0.117. The molecule has 1 aromatic carbocycles. The van der Waals surface area contributed by atoms with Crippen molar-refractivity contribution in [1.82, 2.24) is 5.32 Å². The fraction of sp³-hybridized carbons (Fsp3) is 0.235. The summed E-state index contributed by atoms with van der Waals surface area (Å²) in [6, 6.07) is 8.64. The molecule has 0 bridgehead atoms. The van der Waals surface area contributed by atoms with Crippen LogP contribution in [0.4, 0.5) is 11.4 Å². The quantitative estimate of drug-likeness (QED) is 0.653. The predicted octanol–water partition coefficient (Wildman–Crippen LogP) is 3.83. The molecule has 25 heavy (non-hydrogen) atoms. The van der Waals surface area contributed by atoms with E-state index >= 15 is 0 Å². The molecule has 0 unspecified atom stereocenters. The first-order valence-electron chi connectivity index (χ1n) is 7.72. The molecule has 0 atom stereocenters. The van der Waals surface area contributed by atoms with Gasteiger partial charge in [-0.2, -0.15) is 0 Å². The Morgan fingerprint density at radius 1 is 1.16 bits per heavy atom. The normalized spacial score (nSPS) is 13.2. The first-order chi connectivity index (χ1) is 11.9. The summed E-state index contributed by atoms with van der Waals surface area (Å²) in [5.74, 6) is -0.124. The van der Waals surface area contributed by atoms with Crippen LogP contribution in [-0.2, 0) is 4.79 Å². The van der Waals surface area contributed by atoms with E-state index in [4.69, 9.17) is 16.6 Å². The van der Waals surface area contributed by atoms with Crippen LogP contribution in [0.2, 0.25) is 0 Å². The summed E-state index contributed by atoms with van der Waals surface area (Å²) in [6.07, 6.45) is 1.89. The van der Waals surface area contributed by atoms with Crippen LogP contribution in [0.25, 0.3) is 0 Å². The van der Waals surface area contributed by atoms with E-state index in [-0.39, 0.29) is 22.7 Å². The van der Waals surface area contributed by atoms with Crippen molar-refractivity contribution in [3.63, 3.8) is 0 Å². The van der Waals surface area contributed by atoms with Gasteiger partial charge in [0.1, 0.15) is 0 Å². The molecule has 6 nitrogen and oxygen atoms in total. The molecule has 1 fully saturated rings. The minimum absolute atomic E-state index is 0.0412. The van der Waals surface area contributed by atoms with Gasteiger partial charge in [-0.3, -0.25) is 14.9 Å². The Bertz CT molecular complexity index is 845. The third-order valence-electron chi connectivity index (χ3n) is 3.81. The zero-order valence-corrected chi connectivity index (χ0v) is 15.8. The molecule has 1 heterocycles. The molecule has 0 radical (unpaired) electrons. The summed E-state index contributed by atoms with van der Waals surface area (Å²) in [5, 5.41) is 8.59. The van der Waals surface area contributed by atoms with Crippen molar-refractivity contribution in [2.75, 3.05) is 10.6 Å². The van der Waals surface area contributed by atoms with Gasteiger partial charge in [0.05, 0.1) is 0 Å². The number of hydrogen-bond acceptors (Lipinski definition) is 4. The molecule has 3 rings (SSSR count). The number of carbonyl (C=O) groups excluding carboxylic acids is 2. The first-order valence-corrected chi connectivity index (χ1v) is 8.92. The molecule has 130 valence electrons. The van der Waals surface area contributed by atoms with Crippen LogP contribution in [-0.4, -0.2) is 16.9 Å². The van der Waals surface area contributed by atoms with Crippen LogP contribution in [0.1, 0.15) is 29.0 Å². The summed E-state index contributed by atoms with van der Waals surface area (Å²) in [7, 11) is 0. The number of benzene rings is 1. The average molecular weight is 422 g/mol. The van der Waals surface area contributed by atoms with Gasteiger partial charge in [0.15, 0.2) is 15.5 Å². The fourth-order valence-electron chi connectivity index (χ4n) is 2.24. The highest BCUT2D eigenvalue weighted by Crippen LogP contribution is 2.31. The molecular weight excluding hydrogens is 406 g/mol. The maximum Gasteiger partial charge on any atom is 0.293 e. The van der Waals surface area contributed by atoms with E-state index in [1.165, 1.54) is 0 Å². The number of hydrogen-bond donors (Lipinski definition) is 3.